The van der Waals surface area contributed by atoms with Crippen LogP contribution in [0.15, 0.2) is 66.7 Å². The van der Waals surface area contributed by atoms with Gasteiger partial charge in [-0.3, -0.25) is 4.79 Å². The molecule has 0 bridgehead atoms. The molecule has 1 atom stereocenters. The number of nitrogens with zero attached hydrogens (tertiary/aromatic N) is 1. The molecule has 0 saturated carbocycles. The first-order valence-electron chi connectivity index (χ1n) is 10.5. The van der Waals surface area contributed by atoms with Crippen molar-refractivity contribution >= 4 is 22.4 Å². The van der Waals surface area contributed by atoms with Crippen LogP contribution in [-0.2, 0) is 11.3 Å². The molecule has 1 fully saturated rings. The van der Waals surface area contributed by atoms with Gasteiger partial charge in [-0.05, 0) is 59.9 Å². The van der Waals surface area contributed by atoms with E-state index >= 15 is 0 Å². The number of carbonyl (C=O) groups excluding carboxylic acids is 1. The molecule has 1 saturated heterocycles. The highest BCUT2D eigenvalue weighted by atomic mass is 16.5. The van der Waals surface area contributed by atoms with Gasteiger partial charge in [0.05, 0.1) is 0 Å². The number of amides is 1. The fraction of sp³-hybridized carbons (Fsp3) is 0.320. The number of carbonyl (C=O) groups is 1. The number of ether oxygens (including phenoxy) is 1. The van der Waals surface area contributed by atoms with Crippen LogP contribution >= 0.6 is 0 Å². The minimum atomic E-state index is -0.500. The number of benzene rings is 3. The molecule has 1 aliphatic heterocycles. The second-order valence-corrected chi connectivity index (χ2v) is 7.60. The average molecular weight is 389 g/mol. The van der Waals surface area contributed by atoms with Gasteiger partial charge < -0.3 is 15.0 Å². The van der Waals surface area contributed by atoms with Crippen LogP contribution in [-0.4, -0.2) is 25.1 Å². The van der Waals surface area contributed by atoms with E-state index in [1.165, 1.54) is 18.5 Å². The molecule has 3 aromatic carbocycles. The fourth-order valence-electron chi connectivity index (χ4n) is 3.83. The summed E-state index contributed by atoms with van der Waals surface area (Å²) >= 11 is 0. The normalized spacial score (nSPS) is 14.7. The Morgan fingerprint density at radius 3 is 2.45 bits per heavy atom. The van der Waals surface area contributed by atoms with Crippen LogP contribution in [0.1, 0.15) is 31.7 Å². The lowest BCUT2D eigenvalue weighted by Gasteiger charge is -2.19. The SMILES string of the molecule is CC[C@@H](Oc1ccc2ccccc2c1)C(=O)NCc1ccc(N2CCCC2)cc1. The summed E-state index contributed by atoms with van der Waals surface area (Å²) in [5.41, 5.74) is 2.37. The number of hydrogen-bond acceptors (Lipinski definition) is 3. The van der Waals surface area contributed by atoms with Gasteiger partial charge in [-0.25, -0.2) is 0 Å². The third-order valence-corrected chi connectivity index (χ3v) is 5.54. The second kappa shape index (κ2) is 8.99. The summed E-state index contributed by atoms with van der Waals surface area (Å²) in [5, 5.41) is 5.29. The van der Waals surface area contributed by atoms with Crippen molar-refractivity contribution in [3.8, 4) is 5.75 Å². The van der Waals surface area contributed by atoms with Crippen molar-refractivity contribution in [2.24, 2.45) is 0 Å². The van der Waals surface area contributed by atoms with Crippen LogP contribution < -0.4 is 15.0 Å². The molecular formula is C25H28N2O2. The molecule has 0 unspecified atom stereocenters. The zero-order valence-electron chi connectivity index (χ0n) is 16.9. The molecule has 1 N–H and O–H groups in total. The van der Waals surface area contributed by atoms with Gasteiger partial charge in [-0.2, -0.15) is 0 Å². The number of rotatable bonds is 7. The Labute approximate surface area is 172 Å². The Morgan fingerprint density at radius 2 is 1.72 bits per heavy atom. The molecule has 3 aromatic rings. The van der Waals surface area contributed by atoms with Crippen molar-refractivity contribution in [3.05, 3.63) is 72.3 Å². The largest absolute Gasteiger partial charge is 0.481 e. The Kier molecular flexibility index (Phi) is 5.99. The number of nitrogens with one attached hydrogen (secondary N) is 1. The first kappa shape index (κ1) is 19.3. The standard InChI is InChI=1S/C25H28N2O2/c1-2-24(29-23-14-11-20-7-3-4-8-21(20)17-23)25(28)26-18-19-9-12-22(13-10-19)27-15-5-6-16-27/h3-4,7-14,17,24H,2,5-6,15-16,18H2,1H3,(H,26,28)/t24-/m1/s1. The van der Waals surface area contributed by atoms with Crippen molar-refractivity contribution in [2.75, 3.05) is 18.0 Å². The van der Waals surface area contributed by atoms with Gasteiger partial charge >= 0.3 is 0 Å². The van der Waals surface area contributed by atoms with Crippen LogP contribution in [0.5, 0.6) is 5.75 Å². The van der Waals surface area contributed by atoms with E-state index < -0.39 is 6.10 Å². The molecule has 150 valence electrons. The van der Waals surface area contributed by atoms with E-state index in [4.69, 9.17) is 4.74 Å². The van der Waals surface area contributed by atoms with Crippen molar-refractivity contribution in [3.63, 3.8) is 0 Å². The lowest BCUT2D eigenvalue weighted by Crippen LogP contribution is -2.37. The summed E-state index contributed by atoms with van der Waals surface area (Å²) in [6.07, 6.45) is 2.66. The molecule has 0 spiro atoms. The molecule has 1 amide bonds. The number of anilines is 1. The molecular weight excluding hydrogens is 360 g/mol. The Morgan fingerprint density at radius 1 is 1.00 bits per heavy atom. The smallest absolute Gasteiger partial charge is 0.261 e. The third kappa shape index (κ3) is 4.70. The maximum Gasteiger partial charge on any atom is 0.261 e. The minimum Gasteiger partial charge on any atom is -0.481 e. The van der Waals surface area contributed by atoms with Crippen LogP contribution in [0.25, 0.3) is 10.8 Å². The first-order valence-corrected chi connectivity index (χ1v) is 10.5. The summed E-state index contributed by atoms with van der Waals surface area (Å²) in [6.45, 7) is 4.76. The number of hydrogen-bond donors (Lipinski definition) is 1. The maximum absolute atomic E-state index is 12.6. The predicted octanol–water partition coefficient (Wildman–Crippen LogP) is 4.91. The van der Waals surface area contributed by atoms with Gasteiger partial charge in [-0.15, -0.1) is 0 Å². The third-order valence-electron chi connectivity index (χ3n) is 5.54. The van der Waals surface area contributed by atoms with E-state index in [9.17, 15) is 4.79 Å². The van der Waals surface area contributed by atoms with Gasteiger partial charge in [0.25, 0.3) is 5.91 Å². The highest BCUT2D eigenvalue weighted by Gasteiger charge is 2.18. The molecule has 4 heteroatoms. The van der Waals surface area contributed by atoms with Gasteiger partial charge in [0, 0.05) is 25.3 Å². The van der Waals surface area contributed by atoms with E-state index in [1.807, 2.05) is 37.3 Å². The van der Waals surface area contributed by atoms with Gasteiger partial charge in [0.2, 0.25) is 0 Å². The zero-order valence-corrected chi connectivity index (χ0v) is 16.9. The summed E-state index contributed by atoms with van der Waals surface area (Å²) < 4.78 is 5.99. The van der Waals surface area contributed by atoms with E-state index in [2.05, 4.69) is 46.6 Å². The summed E-state index contributed by atoms with van der Waals surface area (Å²) in [7, 11) is 0. The molecule has 0 radical (unpaired) electrons. The first-order chi connectivity index (χ1) is 14.2. The van der Waals surface area contributed by atoms with Gasteiger partial charge in [0.1, 0.15) is 5.75 Å². The Bertz CT molecular complexity index is 962. The van der Waals surface area contributed by atoms with Gasteiger partial charge in [-0.1, -0.05) is 49.4 Å². The predicted molar refractivity (Wildman–Crippen MR) is 118 cm³/mol. The van der Waals surface area contributed by atoms with E-state index in [1.54, 1.807) is 0 Å². The van der Waals surface area contributed by atoms with Crippen LogP contribution in [0, 0.1) is 0 Å². The van der Waals surface area contributed by atoms with Gasteiger partial charge in [0.15, 0.2) is 6.10 Å². The summed E-state index contributed by atoms with van der Waals surface area (Å²) in [6, 6.07) is 22.6. The molecule has 4 nitrogen and oxygen atoms in total. The average Bonchev–Trinajstić information content (AvgIpc) is 3.31. The topological polar surface area (TPSA) is 41.6 Å². The van der Waals surface area contributed by atoms with Crippen molar-refractivity contribution in [2.45, 2.75) is 38.8 Å². The van der Waals surface area contributed by atoms with E-state index in [-0.39, 0.29) is 5.91 Å². The number of fused-ring (bicyclic) bond motifs is 1. The zero-order chi connectivity index (χ0) is 20.1. The summed E-state index contributed by atoms with van der Waals surface area (Å²) in [4.78, 5) is 15.1. The molecule has 4 rings (SSSR count). The fourth-order valence-corrected chi connectivity index (χ4v) is 3.83. The van der Waals surface area contributed by atoms with Crippen molar-refractivity contribution < 1.29 is 9.53 Å². The molecule has 0 aliphatic carbocycles. The van der Waals surface area contributed by atoms with E-state index in [0.29, 0.717) is 13.0 Å². The summed E-state index contributed by atoms with van der Waals surface area (Å²) in [5.74, 6) is 0.643. The molecule has 0 aromatic heterocycles. The molecule has 29 heavy (non-hydrogen) atoms. The Balaban J connectivity index is 1.34. The monoisotopic (exact) mass is 388 g/mol. The van der Waals surface area contributed by atoms with E-state index in [0.717, 1.165) is 35.2 Å². The molecule has 1 heterocycles. The minimum absolute atomic E-state index is 0.0794. The second-order valence-electron chi connectivity index (χ2n) is 7.60. The lowest BCUT2D eigenvalue weighted by molar-refractivity contribution is -0.128. The quantitative estimate of drug-likeness (QED) is 0.625. The van der Waals surface area contributed by atoms with Crippen molar-refractivity contribution in [1.82, 2.24) is 5.32 Å². The van der Waals surface area contributed by atoms with Crippen LogP contribution in [0.3, 0.4) is 0 Å². The molecule has 1 aliphatic rings. The van der Waals surface area contributed by atoms with Crippen LogP contribution in [0.4, 0.5) is 5.69 Å². The Hall–Kier alpha value is -3.01. The maximum atomic E-state index is 12.6. The highest BCUT2D eigenvalue weighted by molar-refractivity contribution is 5.84. The highest BCUT2D eigenvalue weighted by Crippen LogP contribution is 2.22. The lowest BCUT2D eigenvalue weighted by atomic mass is 10.1. The van der Waals surface area contributed by atoms with Crippen LogP contribution in [0.2, 0.25) is 0 Å². The van der Waals surface area contributed by atoms with Crippen molar-refractivity contribution in [1.29, 1.82) is 0 Å².